The van der Waals surface area contributed by atoms with Crippen molar-refractivity contribution in [2.24, 2.45) is 0 Å². The van der Waals surface area contributed by atoms with Crippen molar-refractivity contribution in [2.45, 2.75) is 38.9 Å². The van der Waals surface area contributed by atoms with Crippen LogP contribution in [0.25, 0.3) is 0 Å². The molecule has 0 heterocycles. The fraction of sp³-hybridized carbons (Fsp3) is 0.538. The molecule has 0 radical (unpaired) electrons. The third-order valence-corrected chi connectivity index (χ3v) is 3.16. The summed E-state index contributed by atoms with van der Waals surface area (Å²) in [5, 5.41) is 3.75. The minimum absolute atomic E-state index is 0.0617. The van der Waals surface area contributed by atoms with Crippen LogP contribution in [0.3, 0.4) is 0 Å². The van der Waals surface area contributed by atoms with Crippen LogP contribution in [0.1, 0.15) is 26.3 Å². The zero-order valence-electron chi connectivity index (χ0n) is 10.4. The molecule has 0 saturated carbocycles. The Bertz CT molecular complexity index is 376. The highest BCUT2D eigenvalue weighted by Crippen LogP contribution is 2.23. The molecule has 0 spiro atoms. The lowest BCUT2D eigenvalue weighted by atomic mass is 10.1. The molecule has 0 aliphatic rings. The largest absolute Gasteiger partial charge is 0.309 e. The molecule has 4 heteroatoms. The lowest BCUT2D eigenvalue weighted by Gasteiger charge is -2.22. The van der Waals surface area contributed by atoms with Gasteiger partial charge in [0.25, 0.3) is 0 Å². The molecule has 1 unspecified atom stereocenters. The van der Waals surface area contributed by atoms with Crippen LogP contribution < -0.4 is 5.32 Å². The van der Waals surface area contributed by atoms with E-state index in [1.54, 1.807) is 6.07 Å². The number of hydrogen-bond acceptors (Lipinski definition) is 1. The summed E-state index contributed by atoms with van der Waals surface area (Å²) in [6.07, 6.45) is -0.581. The van der Waals surface area contributed by atoms with Crippen molar-refractivity contribution in [3.8, 4) is 0 Å². The summed E-state index contributed by atoms with van der Waals surface area (Å²) in [5.74, 6) is 0. The van der Waals surface area contributed by atoms with Gasteiger partial charge in [0.1, 0.15) is 6.17 Å². The maximum Gasteiger partial charge on any atom is 0.117 e. The molecule has 1 N–H and O–H groups in total. The fourth-order valence-electron chi connectivity index (χ4n) is 1.41. The number of benzene rings is 1. The quantitative estimate of drug-likeness (QED) is 0.868. The Balaban J connectivity index is 2.53. The molecular weight excluding hydrogens is 305 g/mol. The second-order valence-corrected chi connectivity index (χ2v) is 6.49. The average molecular weight is 323 g/mol. The number of hydrogen-bond donors (Lipinski definition) is 1. The smallest absolute Gasteiger partial charge is 0.117 e. The topological polar surface area (TPSA) is 12.0 Å². The monoisotopic (exact) mass is 321 g/mol. The zero-order valence-corrected chi connectivity index (χ0v) is 12.7. The first-order chi connectivity index (χ1) is 7.78. The lowest BCUT2D eigenvalue weighted by Crippen LogP contribution is -2.40. The van der Waals surface area contributed by atoms with Crippen molar-refractivity contribution in [1.29, 1.82) is 0 Å². The van der Waals surface area contributed by atoms with Crippen LogP contribution in [0.2, 0.25) is 5.02 Å². The first-order valence-electron chi connectivity index (χ1n) is 5.61. The standard InChI is InChI=1S/C13H18BrClFN/c1-13(2,3)17-8-11(16)6-9-4-5-10(14)7-12(9)15/h4-5,7,11,17H,6,8H2,1-3H3. The van der Waals surface area contributed by atoms with Gasteiger partial charge in [0.2, 0.25) is 0 Å². The third kappa shape index (κ3) is 5.84. The molecule has 0 amide bonds. The van der Waals surface area contributed by atoms with Gasteiger partial charge in [-0.1, -0.05) is 33.6 Å². The van der Waals surface area contributed by atoms with Crippen molar-refractivity contribution in [2.75, 3.05) is 6.54 Å². The van der Waals surface area contributed by atoms with Crippen molar-refractivity contribution in [3.63, 3.8) is 0 Å². The molecule has 1 aromatic carbocycles. The van der Waals surface area contributed by atoms with Gasteiger partial charge in [0.15, 0.2) is 0 Å². The van der Waals surface area contributed by atoms with E-state index >= 15 is 0 Å². The van der Waals surface area contributed by atoms with E-state index in [0.717, 1.165) is 10.0 Å². The van der Waals surface area contributed by atoms with Gasteiger partial charge in [-0.15, -0.1) is 0 Å². The molecule has 1 aromatic rings. The van der Waals surface area contributed by atoms with E-state index in [1.807, 2.05) is 32.9 Å². The SMILES string of the molecule is CC(C)(C)NCC(F)Cc1ccc(Br)cc1Cl. The van der Waals surface area contributed by atoms with E-state index in [2.05, 4.69) is 21.2 Å². The molecule has 0 aliphatic carbocycles. The van der Waals surface area contributed by atoms with E-state index in [1.165, 1.54) is 0 Å². The van der Waals surface area contributed by atoms with Gasteiger partial charge in [0, 0.05) is 28.0 Å². The second-order valence-electron chi connectivity index (χ2n) is 5.17. The predicted octanol–water partition coefficient (Wildman–Crippen LogP) is 4.37. The summed E-state index contributed by atoms with van der Waals surface area (Å²) in [7, 11) is 0. The van der Waals surface area contributed by atoms with E-state index in [-0.39, 0.29) is 5.54 Å². The molecular formula is C13H18BrClFN. The van der Waals surface area contributed by atoms with Gasteiger partial charge in [-0.3, -0.25) is 0 Å². The Morgan fingerprint density at radius 3 is 2.59 bits per heavy atom. The molecule has 1 atom stereocenters. The number of rotatable bonds is 4. The molecule has 0 aromatic heterocycles. The van der Waals surface area contributed by atoms with E-state index in [0.29, 0.717) is 18.0 Å². The summed E-state index contributed by atoms with van der Waals surface area (Å²) < 4.78 is 14.7. The van der Waals surface area contributed by atoms with Gasteiger partial charge in [-0.05, 0) is 38.5 Å². The highest BCUT2D eigenvalue weighted by molar-refractivity contribution is 9.10. The molecule has 17 heavy (non-hydrogen) atoms. The minimum Gasteiger partial charge on any atom is -0.309 e. The molecule has 0 fully saturated rings. The van der Waals surface area contributed by atoms with E-state index in [4.69, 9.17) is 11.6 Å². The first kappa shape index (κ1) is 14.9. The lowest BCUT2D eigenvalue weighted by molar-refractivity contribution is 0.284. The Labute approximate surface area is 116 Å². The number of halogens is 3. The average Bonchev–Trinajstić information content (AvgIpc) is 2.18. The van der Waals surface area contributed by atoms with Crippen LogP contribution in [0.15, 0.2) is 22.7 Å². The molecule has 1 nitrogen and oxygen atoms in total. The highest BCUT2D eigenvalue weighted by Gasteiger charge is 2.15. The van der Waals surface area contributed by atoms with Crippen LogP contribution in [-0.2, 0) is 6.42 Å². The van der Waals surface area contributed by atoms with Gasteiger partial charge in [-0.2, -0.15) is 0 Å². The van der Waals surface area contributed by atoms with Gasteiger partial charge >= 0.3 is 0 Å². The minimum atomic E-state index is -0.923. The first-order valence-corrected chi connectivity index (χ1v) is 6.78. The van der Waals surface area contributed by atoms with Crippen LogP contribution in [0.4, 0.5) is 4.39 Å². The van der Waals surface area contributed by atoms with E-state index < -0.39 is 6.17 Å². The van der Waals surface area contributed by atoms with Crippen LogP contribution >= 0.6 is 27.5 Å². The van der Waals surface area contributed by atoms with Crippen molar-refractivity contribution >= 4 is 27.5 Å². The van der Waals surface area contributed by atoms with Crippen molar-refractivity contribution in [1.82, 2.24) is 5.32 Å². The summed E-state index contributed by atoms with van der Waals surface area (Å²) >= 11 is 9.38. The second kappa shape index (κ2) is 6.17. The van der Waals surface area contributed by atoms with Crippen LogP contribution in [0.5, 0.6) is 0 Å². The zero-order chi connectivity index (χ0) is 13.1. The normalized spacial score (nSPS) is 13.8. The molecule has 96 valence electrons. The summed E-state index contributed by atoms with van der Waals surface area (Å²) in [5.41, 5.74) is 0.784. The van der Waals surface area contributed by atoms with Crippen LogP contribution in [0, 0.1) is 0 Å². The fourth-order valence-corrected chi connectivity index (χ4v) is 2.17. The highest BCUT2D eigenvalue weighted by atomic mass is 79.9. The summed E-state index contributed by atoms with van der Waals surface area (Å²) in [4.78, 5) is 0. The van der Waals surface area contributed by atoms with Crippen LogP contribution in [-0.4, -0.2) is 18.3 Å². The third-order valence-electron chi connectivity index (χ3n) is 2.31. The molecule has 0 aliphatic heterocycles. The Morgan fingerprint density at radius 1 is 1.41 bits per heavy atom. The number of nitrogens with one attached hydrogen (secondary N) is 1. The Hall–Kier alpha value is -0.120. The van der Waals surface area contributed by atoms with Gasteiger partial charge in [-0.25, -0.2) is 4.39 Å². The summed E-state index contributed by atoms with van der Waals surface area (Å²) in [6.45, 7) is 6.40. The molecule has 0 saturated heterocycles. The summed E-state index contributed by atoms with van der Waals surface area (Å²) in [6, 6.07) is 5.53. The van der Waals surface area contributed by atoms with E-state index in [9.17, 15) is 4.39 Å². The molecule has 0 bridgehead atoms. The maximum absolute atomic E-state index is 13.8. The van der Waals surface area contributed by atoms with Crippen molar-refractivity contribution < 1.29 is 4.39 Å². The van der Waals surface area contributed by atoms with Gasteiger partial charge in [0.05, 0.1) is 0 Å². The number of alkyl halides is 1. The molecule has 1 rings (SSSR count). The Kier molecular flexibility index (Phi) is 5.42. The van der Waals surface area contributed by atoms with Gasteiger partial charge < -0.3 is 5.32 Å². The maximum atomic E-state index is 13.8. The predicted molar refractivity (Wildman–Crippen MR) is 75.5 cm³/mol. The Morgan fingerprint density at radius 2 is 2.06 bits per heavy atom. The van der Waals surface area contributed by atoms with Crippen molar-refractivity contribution in [3.05, 3.63) is 33.3 Å².